The van der Waals surface area contributed by atoms with Crippen molar-refractivity contribution in [1.29, 1.82) is 0 Å². The van der Waals surface area contributed by atoms with Crippen LogP contribution in [0.4, 0.5) is 19.0 Å². The van der Waals surface area contributed by atoms with Gasteiger partial charge in [0.15, 0.2) is 11.5 Å². The van der Waals surface area contributed by atoms with Crippen LogP contribution < -0.4 is 5.32 Å². The molecular weight excluding hydrogens is 271 g/mol. The number of nitrogens with zero attached hydrogens (tertiary/aromatic N) is 4. The minimum absolute atomic E-state index is 0.0490. The number of aromatic nitrogens is 3. The third-order valence-electron chi connectivity index (χ3n) is 2.70. The van der Waals surface area contributed by atoms with Crippen molar-refractivity contribution in [3.63, 3.8) is 0 Å². The quantitative estimate of drug-likeness (QED) is 0.935. The predicted molar refractivity (Wildman–Crippen MR) is 69.6 cm³/mol. The lowest BCUT2D eigenvalue weighted by Gasteiger charge is -2.19. The summed E-state index contributed by atoms with van der Waals surface area (Å²) in [4.78, 5) is 6.07. The molecule has 2 aromatic heterocycles. The fourth-order valence-electron chi connectivity index (χ4n) is 2.00. The minimum Gasteiger partial charge on any atom is -0.365 e. The van der Waals surface area contributed by atoms with Crippen molar-refractivity contribution in [3.8, 4) is 0 Å². The summed E-state index contributed by atoms with van der Waals surface area (Å²) in [6.45, 7) is 2.68. The summed E-state index contributed by atoms with van der Waals surface area (Å²) in [5.41, 5.74) is -0.612. The first kappa shape index (κ1) is 14.6. The molecule has 1 unspecified atom stereocenters. The van der Waals surface area contributed by atoms with Crippen molar-refractivity contribution in [1.82, 2.24) is 19.5 Å². The second kappa shape index (κ2) is 5.28. The fourth-order valence-corrected chi connectivity index (χ4v) is 2.00. The van der Waals surface area contributed by atoms with Gasteiger partial charge in [-0.3, -0.25) is 0 Å². The third-order valence-corrected chi connectivity index (χ3v) is 2.70. The molecule has 0 fully saturated rings. The summed E-state index contributed by atoms with van der Waals surface area (Å²) in [5, 5.41) is 6.61. The van der Waals surface area contributed by atoms with Gasteiger partial charge in [-0.05, 0) is 21.0 Å². The Morgan fingerprint density at radius 1 is 1.40 bits per heavy atom. The molecule has 0 saturated carbocycles. The highest BCUT2D eigenvalue weighted by atomic mass is 19.4. The van der Waals surface area contributed by atoms with Crippen LogP contribution in [-0.4, -0.2) is 46.2 Å². The zero-order valence-corrected chi connectivity index (χ0v) is 11.4. The first-order valence-corrected chi connectivity index (χ1v) is 6.10. The highest BCUT2D eigenvalue weighted by Crippen LogP contribution is 2.30. The molecule has 2 rings (SSSR count). The molecule has 2 heterocycles. The second-order valence-corrected chi connectivity index (χ2v) is 4.94. The van der Waals surface area contributed by atoms with E-state index in [-0.39, 0.29) is 6.04 Å². The van der Waals surface area contributed by atoms with Crippen LogP contribution in [-0.2, 0) is 6.18 Å². The Labute approximate surface area is 114 Å². The van der Waals surface area contributed by atoms with Gasteiger partial charge < -0.3 is 10.2 Å². The molecule has 0 aliphatic heterocycles. The Hall–Kier alpha value is -1.83. The van der Waals surface area contributed by atoms with Crippen molar-refractivity contribution < 1.29 is 13.2 Å². The predicted octanol–water partition coefficient (Wildman–Crippen LogP) is 2.11. The normalized spacial score (nSPS) is 13.9. The number of anilines is 1. The Bertz CT molecular complexity index is 590. The third kappa shape index (κ3) is 3.19. The van der Waals surface area contributed by atoms with E-state index in [1.807, 2.05) is 25.9 Å². The zero-order chi connectivity index (χ0) is 14.9. The number of rotatable bonds is 4. The van der Waals surface area contributed by atoms with E-state index < -0.39 is 11.9 Å². The maximum Gasteiger partial charge on any atom is 0.435 e. The van der Waals surface area contributed by atoms with Gasteiger partial charge in [0.2, 0.25) is 0 Å². The van der Waals surface area contributed by atoms with E-state index in [0.29, 0.717) is 11.3 Å². The van der Waals surface area contributed by atoms with Gasteiger partial charge in [-0.15, -0.1) is 0 Å². The van der Waals surface area contributed by atoms with Crippen LogP contribution in [0.2, 0.25) is 0 Å². The average Bonchev–Trinajstić information content (AvgIpc) is 2.72. The van der Waals surface area contributed by atoms with Crippen LogP contribution in [0, 0.1) is 0 Å². The highest BCUT2D eigenvalue weighted by molar-refractivity contribution is 5.68. The molecule has 0 spiro atoms. The lowest BCUT2D eigenvalue weighted by Crippen LogP contribution is -2.30. The molecule has 2 aromatic rings. The standard InChI is InChI=1S/C12H16F3N5/c1-8(7-19(2)3)17-11-9-6-10(12(13,14)15)18-20(9)5-4-16-11/h4-6,8H,7H2,1-3H3,(H,16,17). The molecule has 20 heavy (non-hydrogen) atoms. The monoisotopic (exact) mass is 287 g/mol. The molecule has 5 nitrogen and oxygen atoms in total. The maximum atomic E-state index is 12.7. The minimum atomic E-state index is -4.46. The van der Waals surface area contributed by atoms with E-state index in [1.54, 1.807) is 0 Å². The molecule has 0 saturated heterocycles. The molecular formula is C12H16F3N5. The van der Waals surface area contributed by atoms with E-state index in [1.165, 1.54) is 16.9 Å². The number of hydrogen-bond acceptors (Lipinski definition) is 4. The van der Waals surface area contributed by atoms with Crippen LogP contribution in [0.5, 0.6) is 0 Å². The van der Waals surface area contributed by atoms with E-state index in [0.717, 1.165) is 12.6 Å². The van der Waals surface area contributed by atoms with Gasteiger partial charge >= 0.3 is 6.18 Å². The number of halogens is 3. The van der Waals surface area contributed by atoms with E-state index in [2.05, 4.69) is 15.4 Å². The van der Waals surface area contributed by atoms with Gasteiger partial charge in [-0.1, -0.05) is 0 Å². The van der Waals surface area contributed by atoms with Crippen LogP contribution in [0.25, 0.3) is 5.52 Å². The van der Waals surface area contributed by atoms with E-state index >= 15 is 0 Å². The first-order valence-electron chi connectivity index (χ1n) is 6.10. The fraction of sp³-hybridized carbons (Fsp3) is 0.500. The lowest BCUT2D eigenvalue weighted by atomic mass is 10.3. The summed E-state index contributed by atoms with van der Waals surface area (Å²) in [6.07, 6.45) is -1.64. The maximum absolute atomic E-state index is 12.7. The zero-order valence-electron chi connectivity index (χ0n) is 11.4. The molecule has 0 aliphatic rings. The number of likely N-dealkylation sites (N-methyl/N-ethyl adjacent to an activating group) is 1. The Morgan fingerprint density at radius 2 is 2.10 bits per heavy atom. The second-order valence-electron chi connectivity index (χ2n) is 4.94. The smallest absolute Gasteiger partial charge is 0.365 e. The Balaban J connectivity index is 2.32. The van der Waals surface area contributed by atoms with Gasteiger partial charge in [0.05, 0.1) is 0 Å². The molecule has 0 radical (unpaired) electrons. The number of alkyl halides is 3. The molecule has 1 N–H and O–H groups in total. The van der Waals surface area contributed by atoms with Crippen LogP contribution in [0.3, 0.4) is 0 Å². The van der Waals surface area contributed by atoms with Crippen LogP contribution in [0.15, 0.2) is 18.5 Å². The highest BCUT2D eigenvalue weighted by Gasteiger charge is 2.34. The van der Waals surface area contributed by atoms with Crippen molar-refractivity contribution in [2.45, 2.75) is 19.1 Å². The van der Waals surface area contributed by atoms with Crippen LogP contribution in [0.1, 0.15) is 12.6 Å². The van der Waals surface area contributed by atoms with Gasteiger partial charge in [-0.25, -0.2) is 9.50 Å². The van der Waals surface area contributed by atoms with Gasteiger partial charge in [0, 0.05) is 31.0 Å². The summed E-state index contributed by atoms with van der Waals surface area (Å²) >= 11 is 0. The molecule has 0 aromatic carbocycles. The Morgan fingerprint density at radius 3 is 2.70 bits per heavy atom. The van der Waals surface area contributed by atoms with Crippen molar-refractivity contribution in [2.75, 3.05) is 26.0 Å². The average molecular weight is 287 g/mol. The van der Waals surface area contributed by atoms with Gasteiger partial charge in [-0.2, -0.15) is 18.3 Å². The summed E-state index contributed by atoms with van der Waals surface area (Å²) in [6, 6.07) is 1.05. The molecule has 110 valence electrons. The molecule has 0 amide bonds. The Kier molecular flexibility index (Phi) is 3.85. The molecule has 1 atom stereocenters. The van der Waals surface area contributed by atoms with Crippen molar-refractivity contribution in [3.05, 3.63) is 24.2 Å². The molecule has 0 bridgehead atoms. The van der Waals surface area contributed by atoms with Gasteiger partial charge in [0.1, 0.15) is 5.52 Å². The van der Waals surface area contributed by atoms with Crippen LogP contribution >= 0.6 is 0 Å². The number of fused-ring (bicyclic) bond motifs is 1. The summed E-state index contributed by atoms with van der Waals surface area (Å²) < 4.78 is 39.2. The van der Waals surface area contributed by atoms with E-state index in [9.17, 15) is 13.2 Å². The molecule has 0 aliphatic carbocycles. The number of nitrogens with one attached hydrogen (secondary N) is 1. The van der Waals surface area contributed by atoms with Gasteiger partial charge in [0.25, 0.3) is 0 Å². The van der Waals surface area contributed by atoms with E-state index in [4.69, 9.17) is 0 Å². The lowest BCUT2D eigenvalue weighted by molar-refractivity contribution is -0.141. The SMILES string of the molecule is CC(CN(C)C)Nc1nccn2nc(C(F)(F)F)cc12. The summed E-state index contributed by atoms with van der Waals surface area (Å²) in [5.74, 6) is 0.393. The topological polar surface area (TPSA) is 45.5 Å². The van der Waals surface area contributed by atoms with Crippen molar-refractivity contribution >= 4 is 11.3 Å². The van der Waals surface area contributed by atoms with Crippen molar-refractivity contribution in [2.24, 2.45) is 0 Å². The first-order chi connectivity index (χ1) is 9.27. The largest absolute Gasteiger partial charge is 0.435 e. The number of hydrogen-bond donors (Lipinski definition) is 1. The molecule has 8 heteroatoms. The summed E-state index contributed by atoms with van der Waals surface area (Å²) in [7, 11) is 3.85.